The van der Waals surface area contributed by atoms with Gasteiger partial charge in [0.2, 0.25) is 0 Å². The van der Waals surface area contributed by atoms with Gasteiger partial charge in [-0.05, 0) is 25.7 Å². The third-order valence-corrected chi connectivity index (χ3v) is 3.19. The topological polar surface area (TPSA) is 26.3 Å². The minimum atomic E-state index is -4.58. The average molecular weight is 254 g/mol. The monoisotopic (exact) mass is 254 g/mol. The number of alkyl halides is 3. The number of hydrogen-bond donors (Lipinski definition) is 0. The fourth-order valence-electron chi connectivity index (χ4n) is 1.42. The summed E-state index contributed by atoms with van der Waals surface area (Å²) < 4.78 is 43.4. The molecule has 102 valence electrons. The standard InChI is InChI=1S/C12H21F3O2/c1-6-9(8(3)4)17-10(16)11(5,7-2)12(13,14)15/h8-9H,6-7H2,1-5H3. The Balaban J connectivity index is 4.90. The van der Waals surface area contributed by atoms with Crippen LogP contribution in [0, 0.1) is 11.3 Å². The molecule has 2 nitrogen and oxygen atoms in total. The third-order valence-electron chi connectivity index (χ3n) is 3.19. The number of esters is 1. The van der Waals surface area contributed by atoms with Crippen LogP contribution in [0.1, 0.15) is 47.5 Å². The summed E-state index contributed by atoms with van der Waals surface area (Å²) in [7, 11) is 0. The maximum atomic E-state index is 12.8. The van der Waals surface area contributed by atoms with Crippen molar-refractivity contribution in [2.75, 3.05) is 0 Å². The van der Waals surface area contributed by atoms with Gasteiger partial charge in [0.15, 0.2) is 5.41 Å². The zero-order valence-electron chi connectivity index (χ0n) is 11.0. The van der Waals surface area contributed by atoms with E-state index >= 15 is 0 Å². The van der Waals surface area contributed by atoms with Crippen LogP contribution >= 0.6 is 0 Å². The van der Waals surface area contributed by atoms with Crippen molar-refractivity contribution in [3.05, 3.63) is 0 Å². The number of carbonyl (C=O) groups excluding carboxylic acids is 1. The van der Waals surface area contributed by atoms with Crippen LogP contribution in [0.5, 0.6) is 0 Å². The van der Waals surface area contributed by atoms with Crippen LogP contribution in [-0.2, 0) is 9.53 Å². The van der Waals surface area contributed by atoms with Gasteiger partial charge in [-0.2, -0.15) is 13.2 Å². The van der Waals surface area contributed by atoms with E-state index in [4.69, 9.17) is 4.74 Å². The van der Waals surface area contributed by atoms with Crippen LogP contribution in [0.2, 0.25) is 0 Å². The van der Waals surface area contributed by atoms with E-state index in [1.165, 1.54) is 6.92 Å². The second-order valence-electron chi connectivity index (χ2n) is 4.78. The minimum Gasteiger partial charge on any atom is -0.461 e. The van der Waals surface area contributed by atoms with Gasteiger partial charge >= 0.3 is 12.1 Å². The molecule has 0 fully saturated rings. The van der Waals surface area contributed by atoms with Gasteiger partial charge in [0.05, 0.1) is 0 Å². The molecule has 0 heterocycles. The summed E-state index contributed by atoms with van der Waals surface area (Å²) >= 11 is 0. The summed E-state index contributed by atoms with van der Waals surface area (Å²) in [5, 5.41) is 0. The maximum Gasteiger partial charge on any atom is 0.404 e. The predicted molar refractivity (Wildman–Crippen MR) is 59.5 cm³/mol. The molecule has 0 N–H and O–H groups in total. The largest absolute Gasteiger partial charge is 0.461 e. The summed E-state index contributed by atoms with van der Waals surface area (Å²) in [6, 6.07) is 0. The first-order chi connectivity index (χ1) is 7.60. The quantitative estimate of drug-likeness (QED) is 0.694. The summed E-state index contributed by atoms with van der Waals surface area (Å²) in [4.78, 5) is 11.7. The molecule has 0 aromatic heterocycles. The minimum absolute atomic E-state index is 0.0123. The Kier molecular flexibility index (Phi) is 5.49. The molecule has 0 bridgehead atoms. The number of rotatable bonds is 5. The van der Waals surface area contributed by atoms with Crippen molar-refractivity contribution in [2.24, 2.45) is 11.3 Å². The van der Waals surface area contributed by atoms with Crippen molar-refractivity contribution in [3.63, 3.8) is 0 Å². The molecule has 0 aliphatic rings. The van der Waals surface area contributed by atoms with E-state index in [2.05, 4.69) is 0 Å². The molecule has 0 aromatic rings. The second kappa shape index (κ2) is 5.74. The molecular formula is C12H21F3O2. The highest BCUT2D eigenvalue weighted by molar-refractivity contribution is 5.77. The first-order valence-electron chi connectivity index (χ1n) is 5.87. The molecule has 0 aromatic carbocycles. The van der Waals surface area contributed by atoms with Gasteiger partial charge in [0, 0.05) is 0 Å². The molecule has 2 atom stereocenters. The molecule has 0 saturated carbocycles. The third kappa shape index (κ3) is 3.61. The van der Waals surface area contributed by atoms with Crippen molar-refractivity contribution in [3.8, 4) is 0 Å². The van der Waals surface area contributed by atoms with E-state index in [1.807, 2.05) is 13.8 Å². The SMILES string of the molecule is CCC(OC(=O)C(C)(CC)C(F)(F)F)C(C)C. The highest BCUT2D eigenvalue weighted by Crippen LogP contribution is 2.42. The summed E-state index contributed by atoms with van der Waals surface area (Å²) in [6.07, 6.45) is -4.84. The fourth-order valence-corrected chi connectivity index (χ4v) is 1.42. The lowest BCUT2D eigenvalue weighted by molar-refractivity contribution is -0.234. The first-order valence-corrected chi connectivity index (χ1v) is 5.87. The molecule has 0 spiro atoms. The van der Waals surface area contributed by atoms with Gasteiger partial charge in [0.1, 0.15) is 6.10 Å². The molecule has 0 radical (unpaired) electrons. The van der Waals surface area contributed by atoms with Crippen LogP contribution in [-0.4, -0.2) is 18.2 Å². The van der Waals surface area contributed by atoms with Crippen molar-refractivity contribution < 1.29 is 22.7 Å². The Bertz CT molecular complexity index is 261. The van der Waals surface area contributed by atoms with E-state index < -0.39 is 23.7 Å². The number of carbonyl (C=O) groups is 1. The highest BCUT2D eigenvalue weighted by atomic mass is 19.4. The van der Waals surface area contributed by atoms with Crippen LogP contribution < -0.4 is 0 Å². The average Bonchev–Trinajstić information content (AvgIpc) is 2.21. The lowest BCUT2D eigenvalue weighted by atomic mass is 9.86. The van der Waals surface area contributed by atoms with Gasteiger partial charge in [-0.25, -0.2) is 0 Å². The van der Waals surface area contributed by atoms with Gasteiger partial charge < -0.3 is 4.74 Å². The normalized spacial score (nSPS) is 17.7. The maximum absolute atomic E-state index is 12.8. The molecule has 0 aliphatic heterocycles. The van der Waals surface area contributed by atoms with E-state index in [1.54, 1.807) is 6.92 Å². The van der Waals surface area contributed by atoms with Crippen molar-refractivity contribution in [2.45, 2.75) is 59.7 Å². The molecule has 0 rings (SSSR count). The molecule has 17 heavy (non-hydrogen) atoms. The van der Waals surface area contributed by atoms with Crippen molar-refractivity contribution in [1.29, 1.82) is 0 Å². The lowest BCUT2D eigenvalue weighted by Gasteiger charge is -2.31. The Hall–Kier alpha value is -0.740. The first kappa shape index (κ1) is 16.3. The van der Waals surface area contributed by atoms with E-state index in [9.17, 15) is 18.0 Å². The van der Waals surface area contributed by atoms with Crippen molar-refractivity contribution >= 4 is 5.97 Å². The number of halogens is 3. The molecule has 5 heteroatoms. The Morgan fingerprint density at radius 2 is 1.71 bits per heavy atom. The smallest absolute Gasteiger partial charge is 0.404 e. The van der Waals surface area contributed by atoms with Gasteiger partial charge in [-0.3, -0.25) is 4.79 Å². The van der Waals surface area contributed by atoms with Crippen LogP contribution in [0.25, 0.3) is 0 Å². The molecule has 0 amide bonds. The number of ether oxygens (including phenoxy) is 1. The summed E-state index contributed by atoms with van der Waals surface area (Å²) in [5.41, 5.74) is -2.41. The van der Waals surface area contributed by atoms with Crippen LogP contribution in [0.4, 0.5) is 13.2 Å². The Morgan fingerprint density at radius 3 is 1.94 bits per heavy atom. The molecule has 0 aliphatic carbocycles. The van der Waals surface area contributed by atoms with Gasteiger partial charge in [-0.1, -0.05) is 27.7 Å². The fraction of sp³-hybridized carbons (Fsp3) is 0.917. The molecule has 2 unspecified atom stereocenters. The van der Waals surface area contributed by atoms with Crippen molar-refractivity contribution in [1.82, 2.24) is 0 Å². The van der Waals surface area contributed by atoms with Gasteiger partial charge in [-0.15, -0.1) is 0 Å². The summed E-state index contributed by atoms with van der Waals surface area (Å²) in [5.74, 6) is -1.16. The Labute approximate surface area is 101 Å². The lowest BCUT2D eigenvalue weighted by Crippen LogP contribution is -2.44. The molecule has 0 saturated heterocycles. The zero-order chi connectivity index (χ0) is 13.9. The zero-order valence-corrected chi connectivity index (χ0v) is 11.0. The van der Waals surface area contributed by atoms with E-state index in [0.29, 0.717) is 6.42 Å². The second-order valence-corrected chi connectivity index (χ2v) is 4.78. The molecular weight excluding hydrogens is 233 g/mol. The van der Waals surface area contributed by atoms with Crippen LogP contribution in [0.15, 0.2) is 0 Å². The summed E-state index contributed by atoms with van der Waals surface area (Å²) in [6.45, 7) is 7.65. The Morgan fingerprint density at radius 1 is 1.24 bits per heavy atom. The highest BCUT2D eigenvalue weighted by Gasteiger charge is 2.56. The van der Waals surface area contributed by atoms with Crippen LogP contribution in [0.3, 0.4) is 0 Å². The predicted octanol–water partition coefficient (Wildman–Crippen LogP) is 3.94. The van der Waals surface area contributed by atoms with E-state index in [0.717, 1.165) is 6.92 Å². The van der Waals surface area contributed by atoms with E-state index in [-0.39, 0.29) is 12.3 Å². The van der Waals surface area contributed by atoms with Gasteiger partial charge in [0.25, 0.3) is 0 Å². The number of hydrogen-bond acceptors (Lipinski definition) is 2.